The lowest BCUT2D eigenvalue weighted by Gasteiger charge is -2.16. The average Bonchev–Trinajstić information content (AvgIpc) is 2.77. The first-order chi connectivity index (χ1) is 6.77. The van der Waals surface area contributed by atoms with Gasteiger partial charge in [0.1, 0.15) is 0 Å². The van der Waals surface area contributed by atoms with Crippen LogP contribution in [0.3, 0.4) is 0 Å². The van der Waals surface area contributed by atoms with E-state index in [4.69, 9.17) is 0 Å². The number of hydrogen-bond donors (Lipinski definition) is 3. The van der Waals surface area contributed by atoms with Crippen LogP contribution in [0.15, 0.2) is 18.3 Å². The first kappa shape index (κ1) is 9.27. The van der Waals surface area contributed by atoms with Crippen molar-refractivity contribution in [2.24, 2.45) is 0 Å². The van der Waals surface area contributed by atoms with E-state index in [0.717, 1.165) is 18.7 Å². The van der Waals surface area contributed by atoms with Gasteiger partial charge in [0.15, 0.2) is 0 Å². The van der Waals surface area contributed by atoms with E-state index in [1.54, 1.807) is 0 Å². The Morgan fingerprint density at radius 3 is 3.07 bits per heavy atom. The second-order valence-electron chi connectivity index (χ2n) is 3.65. The quantitative estimate of drug-likeness (QED) is 0.656. The summed E-state index contributed by atoms with van der Waals surface area (Å²) in [7, 11) is 0. The molecule has 1 aromatic heterocycles. The molecule has 4 heteroatoms. The lowest BCUT2D eigenvalue weighted by Crippen LogP contribution is -2.37. The maximum Gasteiger partial charge on any atom is 0.237 e. The summed E-state index contributed by atoms with van der Waals surface area (Å²) < 4.78 is 0. The van der Waals surface area contributed by atoms with E-state index in [1.807, 2.05) is 18.3 Å². The number of amides is 1. The minimum atomic E-state index is -0.0340. The van der Waals surface area contributed by atoms with Crippen LogP contribution in [-0.2, 0) is 4.79 Å². The summed E-state index contributed by atoms with van der Waals surface area (Å²) >= 11 is 0. The highest BCUT2D eigenvalue weighted by Gasteiger charge is 2.25. The highest BCUT2D eigenvalue weighted by molar-refractivity contribution is 5.83. The number of carbonyl (C=O) groups excluding carboxylic acids is 1. The van der Waals surface area contributed by atoms with E-state index in [9.17, 15) is 4.79 Å². The Morgan fingerprint density at radius 1 is 1.64 bits per heavy atom. The molecule has 1 fully saturated rings. The van der Waals surface area contributed by atoms with Crippen molar-refractivity contribution in [1.29, 1.82) is 0 Å². The topological polar surface area (TPSA) is 56.9 Å². The molecule has 1 amide bonds. The van der Waals surface area contributed by atoms with Gasteiger partial charge in [-0.25, -0.2) is 0 Å². The molecule has 0 radical (unpaired) electrons. The summed E-state index contributed by atoms with van der Waals surface area (Å²) in [4.78, 5) is 14.4. The third-order valence-electron chi connectivity index (χ3n) is 2.59. The van der Waals surface area contributed by atoms with Crippen molar-refractivity contribution in [3.05, 3.63) is 24.0 Å². The van der Waals surface area contributed by atoms with Crippen molar-refractivity contribution in [2.45, 2.75) is 25.4 Å². The Labute approximate surface area is 83.1 Å². The molecule has 1 aliphatic heterocycles. The molecule has 0 bridgehead atoms. The van der Waals surface area contributed by atoms with Gasteiger partial charge < -0.3 is 10.3 Å². The average molecular weight is 193 g/mol. The van der Waals surface area contributed by atoms with Gasteiger partial charge >= 0.3 is 0 Å². The third-order valence-corrected chi connectivity index (χ3v) is 2.59. The molecule has 76 valence electrons. The predicted molar refractivity (Wildman–Crippen MR) is 53.8 cm³/mol. The molecule has 1 aromatic rings. The standard InChI is InChI=1S/C10H15N3O/c1-7(8-3-2-5-11-8)13-9-4-6-12-10(9)14/h2-3,5,7,9,11,13H,4,6H2,1H3,(H,12,14). The van der Waals surface area contributed by atoms with E-state index in [0.29, 0.717) is 0 Å². The zero-order valence-corrected chi connectivity index (χ0v) is 8.21. The van der Waals surface area contributed by atoms with Gasteiger partial charge in [-0.1, -0.05) is 0 Å². The number of hydrogen-bond acceptors (Lipinski definition) is 2. The normalized spacial score (nSPS) is 23.5. The molecule has 3 N–H and O–H groups in total. The van der Waals surface area contributed by atoms with Crippen LogP contribution in [0.1, 0.15) is 25.1 Å². The van der Waals surface area contributed by atoms with Gasteiger partial charge in [0, 0.05) is 24.5 Å². The van der Waals surface area contributed by atoms with Crippen molar-refractivity contribution in [3.63, 3.8) is 0 Å². The highest BCUT2D eigenvalue weighted by Crippen LogP contribution is 2.12. The number of nitrogens with one attached hydrogen (secondary N) is 3. The molecule has 0 saturated carbocycles. The number of rotatable bonds is 3. The second-order valence-corrected chi connectivity index (χ2v) is 3.65. The minimum Gasteiger partial charge on any atom is -0.364 e. The van der Waals surface area contributed by atoms with Gasteiger partial charge in [0.2, 0.25) is 5.91 Å². The van der Waals surface area contributed by atoms with Gasteiger partial charge in [-0.3, -0.25) is 10.1 Å². The fourth-order valence-corrected chi connectivity index (χ4v) is 1.76. The van der Waals surface area contributed by atoms with Crippen LogP contribution in [0, 0.1) is 0 Å². The molecule has 1 saturated heterocycles. The zero-order chi connectivity index (χ0) is 9.97. The minimum absolute atomic E-state index is 0.0340. The van der Waals surface area contributed by atoms with Crippen LogP contribution >= 0.6 is 0 Å². The summed E-state index contributed by atoms with van der Waals surface area (Å²) in [6.07, 6.45) is 2.77. The van der Waals surface area contributed by atoms with E-state index in [-0.39, 0.29) is 18.0 Å². The smallest absolute Gasteiger partial charge is 0.237 e. The summed E-state index contributed by atoms with van der Waals surface area (Å²) in [6, 6.07) is 4.14. The molecule has 1 aliphatic rings. The van der Waals surface area contributed by atoms with Gasteiger partial charge in [-0.2, -0.15) is 0 Å². The summed E-state index contributed by atoms with van der Waals surface area (Å²) in [5.74, 6) is 0.114. The molecule has 14 heavy (non-hydrogen) atoms. The highest BCUT2D eigenvalue weighted by atomic mass is 16.2. The fourth-order valence-electron chi connectivity index (χ4n) is 1.76. The number of aromatic nitrogens is 1. The molecule has 2 atom stereocenters. The maximum atomic E-state index is 11.3. The van der Waals surface area contributed by atoms with Crippen molar-refractivity contribution in [3.8, 4) is 0 Å². The van der Waals surface area contributed by atoms with Crippen molar-refractivity contribution < 1.29 is 4.79 Å². The molecule has 0 spiro atoms. The summed E-state index contributed by atoms with van der Waals surface area (Å²) in [6.45, 7) is 2.84. The maximum absolute atomic E-state index is 11.3. The Hall–Kier alpha value is -1.29. The Kier molecular flexibility index (Phi) is 2.54. The van der Waals surface area contributed by atoms with Crippen LogP contribution in [0.2, 0.25) is 0 Å². The second kappa shape index (κ2) is 3.84. The number of aromatic amines is 1. The zero-order valence-electron chi connectivity index (χ0n) is 8.21. The van der Waals surface area contributed by atoms with Crippen LogP contribution in [-0.4, -0.2) is 23.5 Å². The molecule has 0 aliphatic carbocycles. The van der Waals surface area contributed by atoms with E-state index >= 15 is 0 Å². The van der Waals surface area contributed by atoms with Gasteiger partial charge in [0.25, 0.3) is 0 Å². The van der Waals surface area contributed by atoms with Gasteiger partial charge in [0.05, 0.1) is 6.04 Å². The number of carbonyl (C=O) groups is 1. The molecule has 0 aromatic carbocycles. The van der Waals surface area contributed by atoms with Crippen LogP contribution in [0.5, 0.6) is 0 Å². The van der Waals surface area contributed by atoms with E-state index < -0.39 is 0 Å². The fraction of sp³-hybridized carbons (Fsp3) is 0.500. The summed E-state index contributed by atoms with van der Waals surface area (Å²) in [5.41, 5.74) is 1.12. The first-order valence-corrected chi connectivity index (χ1v) is 4.94. The van der Waals surface area contributed by atoms with Crippen molar-refractivity contribution in [2.75, 3.05) is 6.54 Å². The van der Waals surface area contributed by atoms with E-state index in [1.165, 1.54) is 0 Å². The first-order valence-electron chi connectivity index (χ1n) is 4.94. The summed E-state index contributed by atoms with van der Waals surface area (Å²) in [5, 5.41) is 6.10. The lowest BCUT2D eigenvalue weighted by atomic mass is 10.2. The Morgan fingerprint density at radius 2 is 2.50 bits per heavy atom. The third kappa shape index (κ3) is 1.80. The molecular weight excluding hydrogens is 178 g/mol. The van der Waals surface area contributed by atoms with E-state index in [2.05, 4.69) is 22.5 Å². The Balaban J connectivity index is 1.94. The largest absolute Gasteiger partial charge is 0.364 e. The van der Waals surface area contributed by atoms with Gasteiger partial charge in [-0.15, -0.1) is 0 Å². The van der Waals surface area contributed by atoms with Crippen molar-refractivity contribution in [1.82, 2.24) is 15.6 Å². The SMILES string of the molecule is CC(NC1CCNC1=O)c1ccc[nH]1. The lowest BCUT2D eigenvalue weighted by molar-refractivity contribution is -0.121. The van der Waals surface area contributed by atoms with Crippen molar-refractivity contribution >= 4 is 5.91 Å². The Bertz CT molecular complexity index is 307. The van der Waals surface area contributed by atoms with Crippen LogP contribution in [0.25, 0.3) is 0 Å². The molecule has 2 unspecified atom stereocenters. The number of H-pyrrole nitrogens is 1. The van der Waals surface area contributed by atoms with Gasteiger partial charge in [-0.05, 0) is 25.5 Å². The predicted octanol–water partition coefficient (Wildman–Crippen LogP) is 0.554. The molecular formula is C10H15N3O. The molecule has 2 rings (SSSR count). The van der Waals surface area contributed by atoms with Crippen LogP contribution < -0.4 is 10.6 Å². The molecule has 4 nitrogen and oxygen atoms in total. The van der Waals surface area contributed by atoms with Crippen LogP contribution in [0.4, 0.5) is 0 Å². The monoisotopic (exact) mass is 193 g/mol. The molecule has 2 heterocycles.